The Labute approximate surface area is 159 Å². The number of benzene rings is 1. The summed E-state index contributed by atoms with van der Waals surface area (Å²) in [6.07, 6.45) is 4.54. The number of morpholine rings is 1. The topological polar surface area (TPSA) is 37.8 Å². The molecule has 0 unspecified atom stereocenters. The molecule has 2 aliphatic rings. The molecular weight excluding hydrogens is 346 g/mol. The molecule has 0 radical (unpaired) electrons. The Balaban J connectivity index is 1.41. The highest BCUT2D eigenvalue weighted by molar-refractivity contribution is 7.15. The first-order chi connectivity index (χ1) is 12.8. The Bertz CT molecular complexity index is 697. The van der Waals surface area contributed by atoms with Crippen molar-refractivity contribution in [1.82, 2.24) is 9.88 Å². The molecule has 0 spiro atoms. The normalized spacial score (nSPS) is 21.3. The van der Waals surface area contributed by atoms with Crippen LogP contribution in [0.4, 0.5) is 5.13 Å². The Morgan fingerprint density at radius 1 is 1.19 bits per heavy atom. The van der Waals surface area contributed by atoms with E-state index in [1.807, 2.05) is 18.3 Å². The van der Waals surface area contributed by atoms with Gasteiger partial charge in [-0.1, -0.05) is 12.1 Å². The smallest absolute Gasteiger partial charge is 0.185 e. The van der Waals surface area contributed by atoms with Crippen molar-refractivity contribution in [3.63, 3.8) is 0 Å². The quantitative estimate of drug-likeness (QED) is 0.772. The summed E-state index contributed by atoms with van der Waals surface area (Å²) in [5.74, 6) is 0.957. The van der Waals surface area contributed by atoms with E-state index in [0.717, 1.165) is 50.3 Å². The van der Waals surface area contributed by atoms with Crippen LogP contribution in [0.15, 0.2) is 30.5 Å². The Hall–Kier alpha value is -1.63. The minimum atomic E-state index is 0.500. The second kappa shape index (κ2) is 8.37. The molecule has 5 nitrogen and oxygen atoms in total. The first kappa shape index (κ1) is 17.8. The second-order valence-corrected chi connectivity index (χ2v) is 7.93. The van der Waals surface area contributed by atoms with Gasteiger partial charge >= 0.3 is 0 Å². The molecule has 0 N–H and O–H groups in total. The van der Waals surface area contributed by atoms with Crippen molar-refractivity contribution in [3.8, 4) is 5.75 Å². The van der Waals surface area contributed by atoms with E-state index >= 15 is 0 Å². The third kappa shape index (κ3) is 4.03. The van der Waals surface area contributed by atoms with E-state index in [2.05, 4.69) is 45.2 Å². The van der Waals surface area contributed by atoms with Crippen molar-refractivity contribution < 1.29 is 9.47 Å². The number of aromatic nitrogens is 1. The number of rotatable bonds is 6. The Kier molecular flexibility index (Phi) is 5.72. The molecule has 2 saturated heterocycles. The van der Waals surface area contributed by atoms with Crippen molar-refractivity contribution in [1.29, 1.82) is 0 Å². The van der Waals surface area contributed by atoms with Gasteiger partial charge in [-0.05, 0) is 44.0 Å². The lowest BCUT2D eigenvalue weighted by Gasteiger charge is -2.26. The van der Waals surface area contributed by atoms with Crippen LogP contribution in [-0.4, -0.2) is 49.3 Å². The summed E-state index contributed by atoms with van der Waals surface area (Å²) in [5.41, 5.74) is 1.39. The van der Waals surface area contributed by atoms with Crippen molar-refractivity contribution in [2.75, 3.05) is 44.4 Å². The minimum absolute atomic E-state index is 0.500. The first-order valence-electron chi connectivity index (χ1n) is 9.57. The molecule has 4 rings (SSSR count). The van der Waals surface area contributed by atoms with Crippen LogP contribution in [0.3, 0.4) is 0 Å². The summed E-state index contributed by atoms with van der Waals surface area (Å²) in [4.78, 5) is 10.9. The van der Waals surface area contributed by atoms with Crippen molar-refractivity contribution in [2.45, 2.75) is 32.4 Å². The maximum absolute atomic E-state index is 5.57. The molecule has 6 heteroatoms. The van der Waals surface area contributed by atoms with Gasteiger partial charge in [-0.15, -0.1) is 11.3 Å². The molecule has 0 saturated carbocycles. The molecule has 3 heterocycles. The molecular formula is C20H27N3O2S. The highest BCUT2D eigenvalue weighted by Gasteiger charge is 2.27. The average Bonchev–Trinajstić information content (AvgIpc) is 3.34. The van der Waals surface area contributed by atoms with Gasteiger partial charge in [0, 0.05) is 36.8 Å². The Morgan fingerprint density at radius 2 is 2.00 bits per heavy atom. The second-order valence-electron chi connectivity index (χ2n) is 6.84. The minimum Gasteiger partial charge on any atom is -0.494 e. The zero-order chi connectivity index (χ0) is 17.8. The van der Waals surface area contributed by atoms with E-state index < -0.39 is 0 Å². The standard InChI is InChI=1S/C20H27N3O2S/c1-2-25-17-7-5-16(6-8-17)19-4-3-9-23(19)15-18-14-21-20(26-18)22-10-12-24-13-11-22/h5-8,14,19H,2-4,9-13,15H2,1H3/t19-/m0/s1. The number of nitrogens with zero attached hydrogens (tertiary/aromatic N) is 3. The summed E-state index contributed by atoms with van der Waals surface area (Å²) in [6.45, 7) is 8.39. The van der Waals surface area contributed by atoms with Gasteiger partial charge in [0.25, 0.3) is 0 Å². The van der Waals surface area contributed by atoms with E-state index in [1.54, 1.807) is 0 Å². The third-order valence-electron chi connectivity index (χ3n) is 5.12. The van der Waals surface area contributed by atoms with Crippen LogP contribution < -0.4 is 9.64 Å². The molecule has 1 aromatic heterocycles. The number of ether oxygens (including phenoxy) is 2. The van der Waals surface area contributed by atoms with Gasteiger partial charge in [-0.2, -0.15) is 0 Å². The van der Waals surface area contributed by atoms with Crippen LogP contribution in [0, 0.1) is 0 Å². The maximum atomic E-state index is 5.57. The van der Waals surface area contributed by atoms with Gasteiger partial charge in [0.05, 0.1) is 19.8 Å². The van der Waals surface area contributed by atoms with E-state index in [9.17, 15) is 0 Å². The van der Waals surface area contributed by atoms with Gasteiger partial charge < -0.3 is 14.4 Å². The Morgan fingerprint density at radius 3 is 2.77 bits per heavy atom. The van der Waals surface area contributed by atoms with Gasteiger partial charge in [-0.25, -0.2) is 4.98 Å². The lowest BCUT2D eigenvalue weighted by molar-refractivity contribution is 0.122. The molecule has 1 atom stereocenters. The van der Waals surface area contributed by atoms with E-state index in [4.69, 9.17) is 9.47 Å². The monoisotopic (exact) mass is 373 g/mol. The molecule has 0 amide bonds. The predicted molar refractivity (Wildman–Crippen MR) is 105 cm³/mol. The zero-order valence-corrected chi connectivity index (χ0v) is 16.2. The van der Waals surface area contributed by atoms with Gasteiger partial charge in [0.1, 0.15) is 5.75 Å². The highest BCUT2D eigenvalue weighted by atomic mass is 32.1. The van der Waals surface area contributed by atoms with Gasteiger partial charge in [0.2, 0.25) is 0 Å². The average molecular weight is 374 g/mol. The molecule has 1 aromatic carbocycles. The number of thiazole rings is 1. The van der Waals surface area contributed by atoms with E-state index in [-0.39, 0.29) is 0 Å². The molecule has 140 valence electrons. The number of hydrogen-bond donors (Lipinski definition) is 0. The van der Waals surface area contributed by atoms with E-state index in [0.29, 0.717) is 12.6 Å². The number of hydrogen-bond acceptors (Lipinski definition) is 6. The summed E-state index contributed by atoms with van der Waals surface area (Å²) in [6, 6.07) is 9.14. The SMILES string of the molecule is CCOc1ccc([C@@H]2CCCN2Cc2cnc(N3CCOCC3)s2)cc1. The summed E-state index contributed by atoms with van der Waals surface area (Å²) in [7, 11) is 0. The lowest BCUT2D eigenvalue weighted by Crippen LogP contribution is -2.36. The highest BCUT2D eigenvalue weighted by Crippen LogP contribution is 2.35. The molecule has 0 aliphatic carbocycles. The molecule has 26 heavy (non-hydrogen) atoms. The van der Waals surface area contributed by atoms with Crippen LogP contribution in [0.25, 0.3) is 0 Å². The van der Waals surface area contributed by atoms with Crippen LogP contribution >= 0.6 is 11.3 Å². The molecule has 2 fully saturated rings. The third-order valence-corrected chi connectivity index (χ3v) is 6.16. The van der Waals surface area contributed by atoms with Crippen molar-refractivity contribution >= 4 is 16.5 Å². The van der Waals surface area contributed by atoms with Crippen LogP contribution in [-0.2, 0) is 11.3 Å². The van der Waals surface area contributed by atoms with Crippen LogP contribution in [0.2, 0.25) is 0 Å². The van der Waals surface area contributed by atoms with Crippen LogP contribution in [0.5, 0.6) is 5.75 Å². The zero-order valence-electron chi connectivity index (χ0n) is 15.4. The summed E-state index contributed by atoms with van der Waals surface area (Å²) in [5, 5.41) is 1.14. The fourth-order valence-corrected chi connectivity index (χ4v) is 4.80. The largest absolute Gasteiger partial charge is 0.494 e. The van der Waals surface area contributed by atoms with Gasteiger partial charge in [-0.3, -0.25) is 4.90 Å². The predicted octanol–water partition coefficient (Wildman–Crippen LogP) is 3.72. The molecule has 0 bridgehead atoms. The summed E-state index contributed by atoms with van der Waals surface area (Å²) >= 11 is 1.83. The van der Waals surface area contributed by atoms with Crippen LogP contribution in [0.1, 0.15) is 36.2 Å². The molecule has 2 aliphatic heterocycles. The fourth-order valence-electron chi connectivity index (χ4n) is 3.82. The van der Waals surface area contributed by atoms with E-state index in [1.165, 1.54) is 23.3 Å². The van der Waals surface area contributed by atoms with Crippen molar-refractivity contribution in [3.05, 3.63) is 40.9 Å². The lowest BCUT2D eigenvalue weighted by atomic mass is 10.0. The fraction of sp³-hybridized carbons (Fsp3) is 0.550. The molecule has 2 aromatic rings. The summed E-state index contributed by atoms with van der Waals surface area (Å²) < 4.78 is 11.0. The van der Waals surface area contributed by atoms with Gasteiger partial charge in [0.15, 0.2) is 5.13 Å². The first-order valence-corrected chi connectivity index (χ1v) is 10.4. The van der Waals surface area contributed by atoms with Crippen molar-refractivity contribution in [2.24, 2.45) is 0 Å². The maximum Gasteiger partial charge on any atom is 0.185 e. The number of anilines is 1. The number of likely N-dealkylation sites (tertiary alicyclic amines) is 1.